The number of halogens is 1. The lowest BCUT2D eigenvalue weighted by molar-refractivity contribution is 0.281. The number of rotatable bonds is 4. The molecule has 1 aromatic carbocycles. The zero-order chi connectivity index (χ0) is 12.5. The average Bonchev–Trinajstić information content (AvgIpc) is 3.09. The van der Waals surface area contributed by atoms with Crippen LogP contribution in [0.3, 0.4) is 0 Å². The van der Waals surface area contributed by atoms with Crippen LogP contribution in [0.2, 0.25) is 0 Å². The molecule has 2 aliphatic rings. The summed E-state index contributed by atoms with van der Waals surface area (Å²) in [5.74, 6) is 1.66. The van der Waals surface area contributed by atoms with Crippen molar-refractivity contribution in [2.75, 3.05) is 13.7 Å². The molecule has 1 aliphatic carbocycles. The van der Waals surface area contributed by atoms with E-state index in [4.69, 9.17) is 9.47 Å². The lowest BCUT2D eigenvalue weighted by atomic mass is 10.1. The molecule has 0 radical (unpaired) electrons. The summed E-state index contributed by atoms with van der Waals surface area (Å²) in [5.41, 5.74) is 1.20. The Morgan fingerprint density at radius 3 is 2.72 bits per heavy atom. The van der Waals surface area contributed by atoms with Crippen LogP contribution in [-0.4, -0.2) is 19.8 Å². The summed E-state index contributed by atoms with van der Waals surface area (Å²) in [4.78, 5) is 0. The SMILES string of the molecule is COc1ccc(C2NCC=C2Br)cc1OC1CC1. The third kappa shape index (κ3) is 2.40. The van der Waals surface area contributed by atoms with Crippen LogP contribution in [0.1, 0.15) is 24.4 Å². The fraction of sp³-hybridized carbons (Fsp3) is 0.429. The Kier molecular flexibility index (Phi) is 3.31. The van der Waals surface area contributed by atoms with Crippen molar-refractivity contribution in [1.82, 2.24) is 5.32 Å². The van der Waals surface area contributed by atoms with Crippen molar-refractivity contribution in [3.05, 3.63) is 34.3 Å². The van der Waals surface area contributed by atoms with E-state index < -0.39 is 0 Å². The molecule has 1 unspecified atom stereocenters. The first-order valence-corrected chi connectivity index (χ1v) is 7.01. The van der Waals surface area contributed by atoms with Crippen LogP contribution < -0.4 is 14.8 Å². The van der Waals surface area contributed by atoms with E-state index in [2.05, 4.69) is 39.5 Å². The predicted molar refractivity (Wildman–Crippen MR) is 74.4 cm³/mol. The Labute approximate surface area is 115 Å². The van der Waals surface area contributed by atoms with Crippen LogP contribution in [0.25, 0.3) is 0 Å². The molecule has 0 spiro atoms. The van der Waals surface area contributed by atoms with Crippen molar-refractivity contribution in [1.29, 1.82) is 0 Å². The summed E-state index contributed by atoms with van der Waals surface area (Å²) in [5, 5.41) is 3.42. The van der Waals surface area contributed by atoms with Crippen molar-refractivity contribution in [2.45, 2.75) is 25.0 Å². The Morgan fingerprint density at radius 2 is 2.11 bits per heavy atom. The molecule has 0 bridgehead atoms. The van der Waals surface area contributed by atoms with Crippen LogP contribution in [0, 0.1) is 0 Å². The highest BCUT2D eigenvalue weighted by atomic mass is 79.9. The highest BCUT2D eigenvalue weighted by Crippen LogP contribution is 2.38. The average molecular weight is 310 g/mol. The molecule has 0 amide bonds. The Hall–Kier alpha value is -1.00. The van der Waals surface area contributed by atoms with Gasteiger partial charge in [0.25, 0.3) is 0 Å². The fourth-order valence-corrected chi connectivity index (χ4v) is 2.69. The zero-order valence-electron chi connectivity index (χ0n) is 10.3. The minimum Gasteiger partial charge on any atom is -0.493 e. The second-order valence-electron chi connectivity index (χ2n) is 4.66. The van der Waals surface area contributed by atoms with E-state index in [0.29, 0.717) is 6.10 Å². The first-order valence-electron chi connectivity index (χ1n) is 6.21. The fourth-order valence-electron chi connectivity index (χ4n) is 2.10. The van der Waals surface area contributed by atoms with Gasteiger partial charge in [-0.05, 0) is 30.5 Å². The van der Waals surface area contributed by atoms with Crippen molar-refractivity contribution >= 4 is 15.9 Å². The Bertz CT molecular complexity index is 483. The molecule has 1 atom stereocenters. The third-order valence-electron chi connectivity index (χ3n) is 3.23. The Balaban J connectivity index is 1.88. The molecular weight excluding hydrogens is 294 g/mol. The lowest BCUT2D eigenvalue weighted by Gasteiger charge is -2.16. The van der Waals surface area contributed by atoms with Gasteiger partial charge in [0.1, 0.15) is 0 Å². The molecule has 18 heavy (non-hydrogen) atoms. The van der Waals surface area contributed by atoms with Gasteiger partial charge in [0.15, 0.2) is 11.5 Å². The van der Waals surface area contributed by atoms with Crippen LogP contribution in [0.5, 0.6) is 11.5 Å². The van der Waals surface area contributed by atoms with Gasteiger partial charge < -0.3 is 14.8 Å². The molecule has 1 aromatic rings. The molecule has 4 heteroatoms. The highest BCUT2D eigenvalue weighted by Gasteiger charge is 2.26. The van der Waals surface area contributed by atoms with Gasteiger partial charge in [-0.3, -0.25) is 0 Å². The van der Waals surface area contributed by atoms with E-state index in [1.54, 1.807) is 7.11 Å². The summed E-state index contributed by atoms with van der Waals surface area (Å²) in [6.45, 7) is 0.899. The third-order valence-corrected chi connectivity index (χ3v) is 4.02. The molecule has 3 nitrogen and oxygen atoms in total. The van der Waals surface area contributed by atoms with Crippen LogP contribution >= 0.6 is 15.9 Å². The van der Waals surface area contributed by atoms with Gasteiger partial charge >= 0.3 is 0 Å². The number of ether oxygens (including phenoxy) is 2. The maximum absolute atomic E-state index is 5.90. The molecule has 0 saturated heterocycles. The van der Waals surface area contributed by atoms with E-state index >= 15 is 0 Å². The second kappa shape index (κ2) is 4.94. The summed E-state index contributed by atoms with van der Waals surface area (Å²) >= 11 is 3.59. The molecule has 1 N–H and O–H groups in total. The number of benzene rings is 1. The highest BCUT2D eigenvalue weighted by molar-refractivity contribution is 9.11. The summed E-state index contributed by atoms with van der Waals surface area (Å²) in [6.07, 6.45) is 4.83. The maximum Gasteiger partial charge on any atom is 0.161 e. The van der Waals surface area contributed by atoms with Gasteiger partial charge in [0, 0.05) is 11.0 Å². The maximum atomic E-state index is 5.90. The first-order chi connectivity index (χ1) is 8.78. The van der Waals surface area contributed by atoms with E-state index in [1.165, 1.54) is 10.0 Å². The topological polar surface area (TPSA) is 30.5 Å². The van der Waals surface area contributed by atoms with Crippen molar-refractivity contribution in [2.24, 2.45) is 0 Å². The molecular formula is C14H16BrNO2. The smallest absolute Gasteiger partial charge is 0.161 e. The summed E-state index contributed by atoms with van der Waals surface area (Å²) < 4.78 is 12.4. The van der Waals surface area contributed by atoms with E-state index in [1.807, 2.05) is 6.07 Å². The second-order valence-corrected chi connectivity index (χ2v) is 5.57. The van der Waals surface area contributed by atoms with Gasteiger partial charge in [-0.15, -0.1) is 0 Å². The molecule has 1 heterocycles. The normalized spacial score (nSPS) is 22.8. The van der Waals surface area contributed by atoms with E-state index in [0.717, 1.165) is 30.9 Å². The van der Waals surface area contributed by atoms with E-state index in [-0.39, 0.29) is 6.04 Å². The monoisotopic (exact) mass is 309 g/mol. The first kappa shape index (κ1) is 12.1. The van der Waals surface area contributed by atoms with E-state index in [9.17, 15) is 0 Å². The Morgan fingerprint density at radius 1 is 1.28 bits per heavy atom. The summed E-state index contributed by atoms with van der Waals surface area (Å²) in [6, 6.07) is 6.37. The number of hydrogen-bond acceptors (Lipinski definition) is 3. The van der Waals surface area contributed by atoms with Crippen LogP contribution in [0.15, 0.2) is 28.8 Å². The molecule has 1 aliphatic heterocycles. The quantitative estimate of drug-likeness (QED) is 0.926. The summed E-state index contributed by atoms with van der Waals surface area (Å²) in [7, 11) is 1.68. The lowest BCUT2D eigenvalue weighted by Crippen LogP contribution is -2.15. The number of methoxy groups -OCH3 is 1. The molecule has 1 fully saturated rings. The molecule has 0 aromatic heterocycles. The van der Waals surface area contributed by atoms with Crippen LogP contribution in [-0.2, 0) is 0 Å². The molecule has 3 rings (SSSR count). The minimum atomic E-state index is 0.234. The number of hydrogen-bond donors (Lipinski definition) is 1. The van der Waals surface area contributed by atoms with Gasteiger partial charge in [-0.25, -0.2) is 0 Å². The predicted octanol–water partition coefficient (Wildman–Crippen LogP) is 3.16. The standard InChI is InChI=1S/C14H16BrNO2/c1-17-12-5-2-9(14-11(15)6-7-16-14)8-13(12)18-10-3-4-10/h2,5-6,8,10,14,16H,3-4,7H2,1H3. The molecule has 96 valence electrons. The van der Waals surface area contributed by atoms with Gasteiger partial charge in [-0.1, -0.05) is 28.1 Å². The van der Waals surface area contributed by atoms with Crippen molar-refractivity contribution in [3.63, 3.8) is 0 Å². The van der Waals surface area contributed by atoms with Crippen molar-refractivity contribution in [3.8, 4) is 11.5 Å². The largest absolute Gasteiger partial charge is 0.493 e. The van der Waals surface area contributed by atoms with Gasteiger partial charge in [0.2, 0.25) is 0 Å². The van der Waals surface area contributed by atoms with Gasteiger partial charge in [0.05, 0.1) is 19.3 Å². The zero-order valence-corrected chi connectivity index (χ0v) is 11.9. The molecule has 1 saturated carbocycles. The van der Waals surface area contributed by atoms with Gasteiger partial charge in [-0.2, -0.15) is 0 Å². The van der Waals surface area contributed by atoms with Crippen molar-refractivity contribution < 1.29 is 9.47 Å². The minimum absolute atomic E-state index is 0.234. The van der Waals surface area contributed by atoms with Crippen LogP contribution in [0.4, 0.5) is 0 Å². The number of nitrogens with one attached hydrogen (secondary N) is 1.